The highest BCUT2D eigenvalue weighted by molar-refractivity contribution is 7.90. The molecule has 0 radical (unpaired) electrons. The fraction of sp³-hybridized carbons (Fsp3) is 0.667. The van der Waals surface area contributed by atoms with Gasteiger partial charge in [-0.1, -0.05) is 0 Å². The van der Waals surface area contributed by atoms with Crippen LogP contribution in [-0.2, 0) is 9.84 Å². The molecule has 1 aliphatic carbocycles. The molecule has 6 nitrogen and oxygen atoms in total. The maximum atomic E-state index is 11.5. The van der Waals surface area contributed by atoms with Crippen molar-refractivity contribution < 1.29 is 13.5 Å². The number of aromatic nitrogens is 2. The van der Waals surface area contributed by atoms with Crippen molar-refractivity contribution in [3.63, 3.8) is 0 Å². The summed E-state index contributed by atoms with van der Waals surface area (Å²) < 4.78 is 23.1. The number of rotatable bonds is 3. The Kier molecular flexibility index (Phi) is 3.78. The zero-order valence-corrected chi connectivity index (χ0v) is 12.2. The second-order valence-electron chi connectivity index (χ2n) is 5.09. The minimum atomic E-state index is -3.44. The summed E-state index contributed by atoms with van der Waals surface area (Å²) in [6.07, 6.45) is 3.26. The van der Waals surface area contributed by atoms with Crippen LogP contribution in [0, 0.1) is 13.8 Å². The van der Waals surface area contributed by atoms with Gasteiger partial charge in [-0.2, -0.15) is 0 Å². The first-order valence-corrected chi connectivity index (χ1v) is 8.18. The Morgan fingerprint density at radius 3 is 2.47 bits per heavy atom. The number of hydrogen-bond acceptors (Lipinski definition) is 6. The molecule has 2 atom stereocenters. The molecule has 1 aliphatic rings. The number of aryl methyl sites for hydroxylation is 1. The van der Waals surface area contributed by atoms with E-state index in [1.54, 1.807) is 6.92 Å². The molecular weight excluding hydrogens is 266 g/mol. The van der Waals surface area contributed by atoms with Gasteiger partial charge in [0, 0.05) is 17.5 Å². The number of hydrogen-bond donors (Lipinski definition) is 2. The van der Waals surface area contributed by atoms with E-state index in [9.17, 15) is 13.5 Å². The van der Waals surface area contributed by atoms with Crippen LogP contribution in [0.5, 0.6) is 0 Å². The molecule has 0 aliphatic heterocycles. The van der Waals surface area contributed by atoms with Gasteiger partial charge in [-0.05, 0) is 33.1 Å². The van der Waals surface area contributed by atoms with Crippen molar-refractivity contribution in [2.24, 2.45) is 0 Å². The Labute approximate surface area is 113 Å². The maximum absolute atomic E-state index is 11.5. The second-order valence-corrected chi connectivity index (χ2v) is 7.00. The lowest BCUT2D eigenvalue weighted by Crippen LogP contribution is -2.29. The smallest absolute Gasteiger partial charge is 0.248 e. The van der Waals surface area contributed by atoms with Crippen molar-refractivity contribution >= 4 is 15.7 Å². The van der Waals surface area contributed by atoms with Crippen LogP contribution >= 0.6 is 0 Å². The quantitative estimate of drug-likeness (QED) is 0.799. The largest absolute Gasteiger partial charge is 0.391 e. The fourth-order valence-electron chi connectivity index (χ4n) is 2.19. The molecule has 106 valence electrons. The van der Waals surface area contributed by atoms with Gasteiger partial charge in [0.2, 0.25) is 15.0 Å². The third-order valence-electron chi connectivity index (χ3n) is 3.50. The average molecular weight is 285 g/mol. The van der Waals surface area contributed by atoms with E-state index in [1.807, 2.05) is 6.92 Å². The van der Waals surface area contributed by atoms with Gasteiger partial charge < -0.3 is 10.4 Å². The Hall–Kier alpha value is -1.21. The summed E-state index contributed by atoms with van der Waals surface area (Å²) in [5, 5.41) is 12.8. The third kappa shape index (κ3) is 3.03. The van der Waals surface area contributed by atoms with Gasteiger partial charge in [-0.25, -0.2) is 18.4 Å². The summed E-state index contributed by atoms with van der Waals surface area (Å²) in [4.78, 5) is 8.08. The third-order valence-corrected chi connectivity index (χ3v) is 4.35. The van der Waals surface area contributed by atoms with Crippen LogP contribution in [0.4, 0.5) is 5.82 Å². The van der Waals surface area contributed by atoms with Gasteiger partial charge in [-0.15, -0.1) is 0 Å². The summed E-state index contributed by atoms with van der Waals surface area (Å²) in [6.45, 7) is 3.59. The van der Waals surface area contributed by atoms with E-state index in [0.717, 1.165) is 31.1 Å². The van der Waals surface area contributed by atoms with Crippen molar-refractivity contribution in [3.05, 3.63) is 11.3 Å². The van der Waals surface area contributed by atoms with Crippen LogP contribution in [-0.4, -0.2) is 41.9 Å². The predicted molar refractivity (Wildman–Crippen MR) is 71.9 cm³/mol. The topological polar surface area (TPSA) is 92.2 Å². The highest BCUT2D eigenvalue weighted by atomic mass is 32.2. The van der Waals surface area contributed by atoms with Crippen LogP contribution in [0.1, 0.15) is 30.5 Å². The maximum Gasteiger partial charge on any atom is 0.248 e. The zero-order chi connectivity index (χ0) is 14.2. The zero-order valence-electron chi connectivity index (χ0n) is 11.3. The van der Waals surface area contributed by atoms with Crippen LogP contribution in [0.25, 0.3) is 0 Å². The summed E-state index contributed by atoms with van der Waals surface area (Å²) in [6, 6.07) is -0.0691. The monoisotopic (exact) mass is 285 g/mol. The molecule has 2 N–H and O–H groups in total. The van der Waals surface area contributed by atoms with Crippen LogP contribution in [0.15, 0.2) is 5.16 Å². The van der Waals surface area contributed by atoms with E-state index in [1.165, 1.54) is 0 Å². The van der Waals surface area contributed by atoms with Crippen LogP contribution in [0.3, 0.4) is 0 Å². The molecular formula is C12H19N3O3S. The number of anilines is 1. The lowest BCUT2D eigenvalue weighted by Gasteiger charge is -2.19. The number of nitrogens with one attached hydrogen (secondary N) is 1. The van der Waals surface area contributed by atoms with Gasteiger partial charge in [0.1, 0.15) is 5.82 Å². The molecule has 1 saturated carbocycles. The summed E-state index contributed by atoms with van der Waals surface area (Å²) in [5.41, 5.74) is 1.44. The Bertz CT molecular complexity index is 586. The van der Waals surface area contributed by atoms with Crippen molar-refractivity contribution in [2.45, 2.75) is 50.4 Å². The molecule has 0 aromatic carbocycles. The standard InChI is InChI=1S/C12H19N3O3S/c1-7-8(2)13-12(19(3,17)18)15-11(7)14-9-5-4-6-10(9)16/h9-10,16H,4-6H2,1-3H3,(H,13,14,15). The lowest BCUT2D eigenvalue weighted by molar-refractivity contribution is 0.171. The SMILES string of the molecule is Cc1nc(S(C)(=O)=O)nc(NC2CCCC2O)c1C. The number of sulfone groups is 1. The van der Waals surface area contributed by atoms with E-state index >= 15 is 0 Å². The van der Waals surface area contributed by atoms with Gasteiger partial charge in [0.05, 0.1) is 12.1 Å². The Morgan fingerprint density at radius 1 is 1.26 bits per heavy atom. The number of aliphatic hydroxyl groups excluding tert-OH is 1. The number of nitrogens with zero attached hydrogens (tertiary/aromatic N) is 2. The second kappa shape index (κ2) is 5.05. The Morgan fingerprint density at radius 2 is 1.95 bits per heavy atom. The van der Waals surface area contributed by atoms with E-state index in [-0.39, 0.29) is 11.2 Å². The van der Waals surface area contributed by atoms with Crippen molar-refractivity contribution in [1.29, 1.82) is 0 Å². The van der Waals surface area contributed by atoms with Gasteiger partial charge in [0.25, 0.3) is 0 Å². The fourth-order valence-corrected chi connectivity index (χ4v) is 2.75. The molecule has 19 heavy (non-hydrogen) atoms. The van der Waals surface area contributed by atoms with E-state index in [2.05, 4.69) is 15.3 Å². The van der Waals surface area contributed by atoms with Crippen molar-refractivity contribution in [1.82, 2.24) is 9.97 Å². The van der Waals surface area contributed by atoms with Crippen molar-refractivity contribution in [2.75, 3.05) is 11.6 Å². The van der Waals surface area contributed by atoms with Crippen LogP contribution in [0.2, 0.25) is 0 Å². The first-order valence-electron chi connectivity index (χ1n) is 6.29. The minimum Gasteiger partial charge on any atom is -0.391 e. The molecule has 1 fully saturated rings. The molecule has 1 heterocycles. The molecule has 0 spiro atoms. The normalized spacial score (nSPS) is 23.6. The van der Waals surface area contributed by atoms with E-state index in [0.29, 0.717) is 11.5 Å². The molecule has 0 saturated heterocycles. The molecule has 0 amide bonds. The van der Waals surface area contributed by atoms with Gasteiger partial charge in [-0.3, -0.25) is 0 Å². The van der Waals surface area contributed by atoms with Crippen LogP contribution < -0.4 is 5.32 Å². The highest BCUT2D eigenvalue weighted by Crippen LogP contribution is 2.25. The minimum absolute atomic E-state index is 0.0691. The summed E-state index contributed by atoms with van der Waals surface area (Å²) in [7, 11) is -3.44. The molecule has 0 bridgehead atoms. The highest BCUT2D eigenvalue weighted by Gasteiger charge is 2.26. The predicted octanol–water partition coefficient (Wildman–Crippen LogP) is 0.822. The van der Waals surface area contributed by atoms with Gasteiger partial charge >= 0.3 is 0 Å². The van der Waals surface area contributed by atoms with Gasteiger partial charge in [0.15, 0.2) is 0 Å². The molecule has 1 aromatic rings. The first kappa shape index (κ1) is 14.2. The molecule has 7 heteroatoms. The lowest BCUT2D eigenvalue weighted by atomic mass is 10.2. The summed E-state index contributed by atoms with van der Waals surface area (Å²) >= 11 is 0. The molecule has 1 aromatic heterocycles. The van der Waals surface area contributed by atoms with Crippen molar-refractivity contribution in [3.8, 4) is 0 Å². The molecule has 2 rings (SSSR count). The van der Waals surface area contributed by atoms with E-state index in [4.69, 9.17) is 0 Å². The summed E-state index contributed by atoms with van der Waals surface area (Å²) in [5.74, 6) is 0.499. The Balaban J connectivity index is 2.36. The van der Waals surface area contributed by atoms with E-state index < -0.39 is 15.9 Å². The molecule has 2 unspecified atom stereocenters. The number of aliphatic hydroxyl groups is 1. The average Bonchev–Trinajstić information content (AvgIpc) is 2.69. The first-order chi connectivity index (χ1) is 8.79.